The molecule has 0 bridgehead atoms. The Morgan fingerprint density at radius 2 is 1.77 bits per heavy atom. The van der Waals surface area contributed by atoms with Crippen LogP contribution in [0, 0.1) is 0 Å². The van der Waals surface area contributed by atoms with Crippen LogP contribution in [-0.2, 0) is 16.2 Å². The van der Waals surface area contributed by atoms with Gasteiger partial charge in [-0.1, -0.05) is 18.2 Å². The lowest BCUT2D eigenvalue weighted by molar-refractivity contribution is -0.137. The first-order valence-corrected chi connectivity index (χ1v) is 9.26. The van der Waals surface area contributed by atoms with E-state index in [1.54, 1.807) is 17.8 Å². The van der Waals surface area contributed by atoms with E-state index in [2.05, 4.69) is 9.82 Å². The zero-order valence-corrected chi connectivity index (χ0v) is 14.6. The minimum atomic E-state index is -4.51. The molecule has 5 nitrogen and oxygen atoms in total. The van der Waals surface area contributed by atoms with Crippen LogP contribution in [0.25, 0.3) is 10.9 Å². The Balaban J connectivity index is 1.73. The Morgan fingerprint density at radius 3 is 2.42 bits per heavy atom. The quantitative estimate of drug-likeness (QED) is 0.732. The van der Waals surface area contributed by atoms with Gasteiger partial charge in [0.2, 0.25) is 10.0 Å². The molecule has 3 aromatic rings. The molecule has 0 fully saturated rings. The molecule has 0 spiro atoms. The van der Waals surface area contributed by atoms with Crippen LogP contribution >= 0.6 is 0 Å². The molecule has 0 saturated carbocycles. The van der Waals surface area contributed by atoms with Crippen LogP contribution in [0.1, 0.15) is 18.5 Å². The highest BCUT2D eigenvalue weighted by Crippen LogP contribution is 2.29. The Morgan fingerprint density at radius 1 is 1.12 bits per heavy atom. The van der Waals surface area contributed by atoms with Gasteiger partial charge in [0, 0.05) is 11.9 Å². The maximum Gasteiger partial charge on any atom is 0.416 e. The standard InChI is InChI=1S/C17H16F3N3O2S/c1-12(23-16-5-3-2-4-13(16)11-21-23)10-22-26(24,25)15-8-6-14(7-9-15)17(18,19)20/h2-9,11-12,22H,10H2,1H3. The van der Waals surface area contributed by atoms with E-state index in [-0.39, 0.29) is 17.5 Å². The molecule has 0 saturated heterocycles. The molecule has 0 radical (unpaired) electrons. The zero-order chi connectivity index (χ0) is 18.9. The maximum atomic E-state index is 12.6. The fraction of sp³-hybridized carbons (Fsp3) is 0.235. The SMILES string of the molecule is CC(CNS(=O)(=O)c1ccc(C(F)(F)F)cc1)n1ncc2ccccc21. The zero-order valence-electron chi connectivity index (χ0n) is 13.7. The van der Waals surface area contributed by atoms with E-state index < -0.39 is 21.8 Å². The van der Waals surface area contributed by atoms with Gasteiger partial charge >= 0.3 is 6.18 Å². The van der Waals surface area contributed by atoms with E-state index in [1.165, 1.54) is 0 Å². The number of nitrogens with zero attached hydrogens (tertiary/aromatic N) is 2. The second-order valence-corrected chi connectivity index (χ2v) is 7.64. The van der Waals surface area contributed by atoms with E-state index >= 15 is 0 Å². The molecule has 3 rings (SSSR count). The van der Waals surface area contributed by atoms with Gasteiger partial charge in [0.25, 0.3) is 0 Å². The number of para-hydroxylation sites is 1. The van der Waals surface area contributed by atoms with Crippen molar-refractivity contribution in [2.75, 3.05) is 6.54 Å². The number of aromatic nitrogens is 2. The molecule has 0 amide bonds. The Hall–Kier alpha value is -2.39. The largest absolute Gasteiger partial charge is 0.416 e. The number of hydrogen-bond donors (Lipinski definition) is 1. The Kier molecular flexibility index (Phi) is 4.76. The van der Waals surface area contributed by atoms with Crippen molar-refractivity contribution in [2.45, 2.75) is 24.0 Å². The van der Waals surface area contributed by atoms with Crippen molar-refractivity contribution in [3.8, 4) is 0 Å². The molecule has 0 aliphatic carbocycles. The highest BCUT2D eigenvalue weighted by atomic mass is 32.2. The summed E-state index contributed by atoms with van der Waals surface area (Å²) in [6, 6.07) is 10.6. The van der Waals surface area contributed by atoms with Crippen molar-refractivity contribution in [2.24, 2.45) is 0 Å². The van der Waals surface area contributed by atoms with Crippen molar-refractivity contribution < 1.29 is 21.6 Å². The monoisotopic (exact) mass is 383 g/mol. The molecule has 1 aromatic heterocycles. The van der Waals surface area contributed by atoms with E-state index in [0.717, 1.165) is 35.2 Å². The second-order valence-electron chi connectivity index (χ2n) is 5.87. The van der Waals surface area contributed by atoms with Gasteiger partial charge in [0.15, 0.2) is 0 Å². The number of hydrogen-bond acceptors (Lipinski definition) is 3. The summed E-state index contributed by atoms with van der Waals surface area (Å²) in [7, 11) is -3.92. The average Bonchev–Trinajstić information content (AvgIpc) is 3.03. The van der Waals surface area contributed by atoms with Gasteiger partial charge in [-0.15, -0.1) is 0 Å². The summed E-state index contributed by atoms with van der Waals surface area (Å²) >= 11 is 0. The number of fused-ring (bicyclic) bond motifs is 1. The molecule has 1 heterocycles. The summed E-state index contributed by atoms with van der Waals surface area (Å²) in [5.74, 6) is 0. The first kappa shape index (κ1) is 18.4. The number of halogens is 3. The van der Waals surface area contributed by atoms with Crippen LogP contribution in [-0.4, -0.2) is 24.7 Å². The summed E-state index contributed by atoms with van der Waals surface area (Å²) in [5, 5.41) is 5.20. The van der Waals surface area contributed by atoms with Gasteiger partial charge in [-0.2, -0.15) is 18.3 Å². The number of benzene rings is 2. The third-order valence-corrected chi connectivity index (χ3v) is 5.42. The van der Waals surface area contributed by atoms with Crippen LogP contribution in [0.5, 0.6) is 0 Å². The molecule has 0 aliphatic heterocycles. The van der Waals surface area contributed by atoms with Gasteiger partial charge in [-0.25, -0.2) is 13.1 Å². The van der Waals surface area contributed by atoms with Crippen molar-refractivity contribution >= 4 is 20.9 Å². The molecule has 1 N–H and O–H groups in total. The summed E-state index contributed by atoms with van der Waals surface area (Å²) in [6.45, 7) is 1.85. The fourth-order valence-corrected chi connectivity index (χ4v) is 3.69. The highest BCUT2D eigenvalue weighted by Gasteiger charge is 2.30. The lowest BCUT2D eigenvalue weighted by Crippen LogP contribution is -2.30. The number of sulfonamides is 1. The minimum absolute atomic E-state index is 0.0506. The predicted octanol–water partition coefficient (Wildman–Crippen LogP) is 3.59. The summed E-state index contributed by atoms with van der Waals surface area (Å²) in [5.41, 5.74) is -0.0263. The second kappa shape index (κ2) is 6.73. The maximum absolute atomic E-state index is 12.6. The normalized spacial score (nSPS) is 13.8. The van der Waals surface area contributed by atoms with Crippen LogP contribution in [0.2, 0.25) is 0 Å². The van der Waals surface area contributed by atoms with Crippen molar-refractivity contribution in [1.29, 1.82) is 0 Å². The molecule has 0 aliphatic rings. The Bertz CT molecular complexity index is 1010. The van der Waals surface area contributed by atoms with Crippen molar-refractivity contribution in [3.63, 3.8) is 0 Å². The number of rotatable bonds is 5. The topological polar surface area (TPSA) is 64.0 Å². The van der Waals surface area contributed by atoms with Crippen LogP contribution in [0.3, 0.4) is 0 Å². The molecular formula is C17H16F3N3O2S. The van der Waals surface area contributed by atoms with Gasteiger partial charge in [0.05, 0.1) is 28.2 Å². The third-order valence-electron chi connectivity index (χ3n) is 3.98. The molecule has 1 unspecified atom stereocenters. The van der Waals surface area contributed by atoms with E-state index in [0.29, 0.717) is 0 Å². The first-order valence-electron chi connectivity index (χ1n) is 7.78. The molecule has 1 atom stereocenters. The summed E-state index contributed by atoms with van der Waals surface area (Å²) < 4.78 is 66.5. The highest BCUT2D eigenvalue weighted by molar-refractivity contribution is 7.89. The van der Waals surface area contributed by atoms with E-state index in [4.69, 9.17) is 0 Å². The van der Waals surface area contributed by atoms with Crippen LogP contribution < -0.4 is 4.72 Å². The molecule has 138 valence electrons. The molecule has 9 heteroatoms. The smallest absolute Gasteiger partial charge is 0.261 e. The summed E-state index contributed by atoms with van der Waals surface area (Å²) in [4.78, 5) is -0.219. The predicted molar refractivity (Wildman–Crippen MR) is 91.1 cm³/mol. The average molecular weight is 383 g/mol. The summed E-state index contributed by atoms with van der Waals surface area (Å²) in [6.07, 6.45) is -2.82. The van der Waals surface area contributed by atoms with E-state index in [9.17, 15) is 21.6 Å². The van der Waals surface area contributed by atoms with Gasteiger partial charge in [0.1, 0.15) is 0 Å². The van der Waals surface area contributed by atoms with Crippen molar-refractivity contribution in [1.82, 2.24) is 14.5 Å². The fourth-order valence-electron chi connectivity index (χ4n) is 2.57. The third kappa shape index (κ3) is 3.73. The Labute approximate surface area is 148 Å². The lowest BCUT2D eigenvalue weighted by Gasteiger charge is -2.15. The number of nitrogens with one attached hydrogen (secondary N) is 1. The van der Waals surface area contributed by atoms with E-state index in [1.807, 2.05) is 24.3 Å². The van der Waals surface area contributed by atoms with Crippen LogP contribution in [0.15, 0.2) is 59.6 Å². The number of alkyl halides is 3. The van der Waals surface area contributed by atoms with Gasteiger partial charge in [-0.3, -0.25) is 4.68 Å². The van der Waals surface area contributed by atoms with Gasteiger partial charge < -0.3 is 0 Å². The van der Waals surface area contributed by atoms with Crippen LogP contribution in [0.4, 0.5) is 13.2 Å². The first-order chi connectivity index (χ1) is 12.2. The minimum Gasteiger partial charge on any atom is -0.261 e. The molecule has 26 heavy (non-hydrogen) atoms. The molecule has 2 aromatic carbocycles. The van der Waals surface area contributed by atoms with Gasteiger partial charge in [-0.05, 0) is 37.3 Å². The lowest BCUT2D eigenvalue weighted by atomic mass is 10.2. The molecular weight excluding hydrogens is 367 g/mol. The van der Waals surface area contributed by atoms with Crippen molar-refractivity contribution in [3.05, 3.63) is 60.3 Å².